The summed E-state index contributed by atoms with van der Waals surface area (Å²) in [6.07, 6.45) is 1.06. The number of fused-ring (bicyclic) bond motifs is 1. The number of nitrogens with zero attached hydrogens (tertiary/aromatic N) is 3. The van der Waals surface area contributed by atoms with Gasteiger partial charge in [0.15, 0.2) is 5.82 Å². The Bertz CT molecular complexity index is 659. The molecule has 4 rings (SSSR count). The number of aromatic nitrogens is 2. The molecule has 0 saturated carbocycles. The van der Waals surface area contributed by atoms with Gasteiger partial charge in [0.1, 0.15) is 0 Å². The number of benzene rings is 1. The third-order valence-electron chi connectivity index (χ3n) is 4.52. The molecule has 0 aliphatic carbocycles. The maximum Gasteiger partial charge on any atom is 0.234 e. The molecule has 1 saturated heterocycles. The Labute approximate surface area is 134 Å². The van der Waals surface area contributed by atoms with Gasteiger partial charge in [0.05, 0.1) is 12.0 Å². The first kappa shape index (κ1) is 14.2. The fourth-order valence-electron chi connectivity index (χ4n) is 3.22. The Hall–Kier alpha value is -1.37. The zero-order valence-corrected chi connectivity index (χ0v) is 13.5. The Morgan fingerprint density at radius 1 is 1.36 bits per heavy atom. The van der Waals surface area contributed by atoms with Crippen molar-refractivity contribution >= 4 is 11.8 Å². The van der Waals surface area contributed by atoms with Crippen molar-refractivity contribution in [3.05, 3.63) is 41.5 Å². The van der Waals surface area contributed by atoms with Crippen molar-refractivity contribution in [2.45, 2.75) is 23.3 Å². The van der Waals surface area contributed by atoms with Crippen molar-refractivity contribution in [1.29, 1.82) is 0 Å². The predicted molar refractivity (Wildman–Crippen MR) is 86.2 cm³/mol. The highest BCUT2D eigenvalue weighted by Crippen LogP contribution is 2.40. The molecule has 2 aliphatic rings. The Kier molecular flexibility index (Phi) is 3.90. The molecule has 1 N–H and O–H groups in total. The summed E-state index contributed by atoms with van der Waals surface area (Å²) in [6.45, 7) is 2.91. The number of hydrogen-bond acceptors (Lipinski definition) is 6. The zero-order valence-electron chi connectivity index (χ0n) is 12.7. The molecule has 22 heavy (non-hydrogen) atoms. The van der Waals surface area contributed by atoms with Crippen LogP contribution in [0.1, 0.15) is 35.7 Å². The summed E-state index contributed by atoms with van der Waals surface area (Å²) in [4.78, 5) is 8.37. The van der Waals surface area contributed by atoms with Gasteiger partial charge in [-0.1, -0.05) is 23.4 Å². The van der Waals surface area contributed by atoms with Gasteiger partial charge in [0, 0.05) is 24.5 Å². The minimum atomic E-state index is 0.208. The number of likely N-dealkylation sites (N-methyl/N-ethyl adjacent to an activating group) is 1. The molecule has 1 aromatic heterocycles. The molecule has 2 unspecified atom stereocenters. The number of rotatable bonds is 2. The average molecular weight is 316 g/mol. The maximum atomic E-state index is 5.64. The van der Waals surface area contributed by atoms with Gasteiger partial charge in [0.2, 0.25) is 5.89 Å². The van der Waals surface area contributed by atoms with Gasteiger partial charge in [-0.3, -0.25) is 4.90 Å². The van der Waals surface area contributed by atoms with Crippen LogP contribution < -0.4 is 5.32 Å². The van der Waals surface area contributed by atoms with Crippen molar-refractivity contribution in [2.75, 3.05) is 32.4 Å². The Balaban J connectivity index is 1.62. The summed E-state index contributed by atoms with van der Waals surface area (Å²) in [7, 11) is 2.12. The van der Waals surface area contributed by atoms with Gasteiger partial charge in [0.25, 0.3) is 0 Å². The molecule has 5 nitrogen and oxygen atoms in total. The fourth-order valence-corrected chi connectivity index (χ4v) is 4.34. The second kappa shape index (κ2) is 6.02. The van der Waals surface area contributed by atoms with Gasteiger partial charge in [-0.15, -0.1) is 11.8 Å². The second-order valence-electron chi connectivity index (χ2n) is 5.92. The van der Waals surface area contributed by atoms with Crippen LogP contribution in [-0.2, 0) is 0 Å². The van der Waals surface area contributed by atoms with E-state index >= 15 is 0 Å². The highest BCUT2D eigenvalue weighted by molar-refractivity contribution is 7.99. The van der Waals surface area contributed by atoms with E-state index in [0.717, 1.165) is 43.5 Å². The molecule has 3 heterocycles. The Morgan fingerprint density at radius 2 is 2.27 bits per heavy atom. The molecule has 2 aliphatic heterocycles. The quantitative estimate of drug-likeness (QED) is 0.917. The summed E-state index contributed by atoms with van der Waals surface area (Å²) < 4.78 is 5.64. The van der Waals surface area contributed by atoms with Gasteiger partial charge >= 0.3 is 0 Å². The lowest BCUT2D eigenvalue weighted by Gasteiger charge is -2.30. The van der Waals surface area contributed by atoms with Crippen LogP contribution in [0.2, 0.25) is 0 Å². The molecule has 0 radical (unpaired) electrons. The Morgan fingerprint density at radius 3 is 3.18 bits per heavy atom. The van der Waals surface area contributed by atoms with Gasteiger partial charge in [-0.05, 0) is 30.9 Å². The molecule has 6 heteroatoms. The number of thioether (sulfide) groups is 1. The summed E-state index contributed by atoms with van der Waals surface area (Å²) in [5, 5.41) is 7.67. The highest BCUT2D eigenvalue weighted by atomic mass is 32.2. The van der Waals surface area contributed by atoms with Crippen molar-refractivity contribution in [2.24, 2.45) is 0 Å². The van der Waals surface area contributed by atoms with E-state index in [-0.39, 0.29) is 12.0 Å². The molecule has 116 valence electrons. The number of nitrogens with one attached hydrogen (secondary N) is 1. The summed E-state index contributed by atoms with van der Waals surface area (Å²) >= 11 is 1.91. The van der Waals surface area contributed by atoms with Crippen LogP contribution in [0, 0.1) is 0 Å². The smallest absolute Gasteiger partial charge is 0.234 e. The molecule has 0 spiro atoms. The van der Waals surface area contributed by atoms with E-state index in [4.69, 9.17) is 9.51 Å². The van der Waals surface area contributed by atoms with Crippen LogP contribution in [0.5, 0.6) is 0 Å². The van der Waals surface area contributed by atoms with E-state index in [0.29, 0.717) is 0 Å². The molecular formula is C16H20N4OS. The SMILES string of the molecule is CN1CCNCC1c1noc(C2CCSc3ccccc32)n1. The van der Waals surface area contributed by atoms with Crippen molar-refractivity contribution in [1.82, 2.24) is 20.4 Å². The van der Waals surface area contributed by atoms with Crippen LogP contribution in [0.4, 0.5) is 0 Å². The summed E-state index contributed by atoms with van der Waals surface area (Å²) in [5.41, 5.74) is 1.32. The number of piperazine rings is 1. The lowest BCUT2D eigenvalue weighted by molar-refractivity contribution is 0.190. The van der Waals surface area contributed by atoms with Crippen LogP contribution >= 0.6 is 11.8 Å². The average Bonchev–Trinajstić information content (AvgIpc) is 3.04. The number of hydrogen-bond donors (Lipinski definition) is 1. The standard InChI is InChI=1S/C16H20N4OS/c1-20-8-7-17-10-13(20)15-18-16(21-19-15)12-6-9-22-14-5-3-2-4-11(12)14/h2-5,12-13,17H,6-10H2,1H3. The van der Waals surface area contributed by atoms with Gasteiger partial charge in [-0.25, -0.2) is 0 Å². The van der Waals surface area contributed by atoms with E-state index < -0.39 is 0 Å². The fraction of sp³-hybridized carbons (Fsp3) is 0.500. The van der Waals surface area contributed by atoms with E-state index in [9.17, 15) is 0 Å². The largest absolute Gasteiger partial charge is 0.339 e. The molecule has 2 atom stereocenters. The highest BCUT2D eigenvalue weighted by Gasteiger charge is 2.30. The first-order valence-corrected chi connectivity index (χ1v) is 8.77. The van der Waals surface area contributed by atoms with Gasteiger partial charge in [-0.2, -0.15) is 4.98 Å². The van der Waals surface area contributed by atoms with Crippen LogP contribution in [0.3, 0.4) is 0 Å². The predicted octanol–water partition coefficient (Wildman–Crippen LogP) is 2.27. The second-order valence-corrected chi connectivity index (χ2v) is 7.06. The van der Waals surface area contributed by atoms with Crippen molar-refractivity contribution < 1.29 is 4.52 Å². The molecule has 1 fully saturated rings. The maximum absolute atomic E-state index is 5.64. The summed E-state index contributed by atoms with van der Waals surface area (Å²) in [6, 6.07) is 8.76. The monoisotopic (exact) mass is 316 g/mol. The van der Waals surface area contributed by atoms with Crippen molar-refractivity contribution in [3.63, 3.8) is 0 Å². The molecule has 0 amide bonds. The van der Waals surface area contributed by atoms with E-state index in [1.54, 1.807) is 0 Å². The van der Waals surface area contributed by atoms with E-state index in [1.165, 1.54) is 10.5 Å². The minimum Gasteiger partial charge on any atom is -0.339 e. The third kappa shape index (κ3) is 2.55. The lowest BCUT2D eigenvalue weighted by Crippen LogP contribution is -2.44. The molecule has 1 aromatic carbocycles. The zero-order chi connectivity index (χ0) is 14.9. The van der Waals surface area contributed by atoms with Crippen LogP contribution in [-0.4, -0.2) is 47.5 Å². The summed E-state index contributed by atoms with van der Waals surface area (Å²) in [5.74, 6) is 2.91. The van der Waals surface area contributed by atoms with E-state index in [2.05, 4.69) is 46.7 Å². The van der Waals surface area contributed by atoms with Crippen molar-refractivity contribution in [3.8, 4) is 0 Å². The van der Waals surface area contributed by atoms with Gasteiger partial charge < -0.3 is 9.84 Å². The van der Waals surface area contributed by atoms with Crippen LogP contribution in [0.25, 0.3) is 0 Å². The molecule has 2 aromatic rings. The normalized spacial score (nSPS) is 25.9. The molecule has 0 bridgehead atoms. The first-order valence-electron chi connectivity index (χ1n) is 7.79. The third-order valence-corrected chi connectivity index (χ3v) is 5.65. The van der Waals surface area contributed by atoms with Crippen LogP contribution in [0.15, 0.2) is 33.7 Å². The topological polar surface area (TPSA) is 54.2 Å². The first-order chi connectivity index (χ1) is 10.8. The minimum absolute atomic E-state index is 0.208. The lowest BCUT2D eigenvalue weighted by atomic mass is 9.96. The van der Waals surface area contributed by atoms with E-state index in [1.807, 2.05) is 11.8 Å². The molecular weight excluding hydrogens is 296 g/mol.